The summed E-state index contributed by atoms with van der Waals surface area (Å²) in [4.78, 5) is 44.4. The number of amides is 4. The number of nitrogens with one attached hydrogen (secondary N) is 4. The minimum Gasteiger partial charge on any atom is -0.356 e. The van der Waals surface area contributed by atoms with Crippen LogP contribution >= 0.6 is 0 Å². The van der Waals surface area contributed by atoms with E-state index in [1.165, 1.54) is 11.0 Å². The van der Waals surface area contributed by atoms with E-state index in [4.69, 9.17) is 10.4 Å². The van der Waals surface area contributed by atoms with E-state index in [0.717, 1.165) is 0 Å². The SMILES string of the molecule is O=C(CCCNC(=O)CCCCC(=O)NCCCC(=O)NO)NO. The molecule has 0 aliphatic heterocycles. The Morgan fingerprint density at radius 2 is 0.875 bits per heavy atom. The van der Waals surface area contributed by atoms with Gasteiger partial charge < -0.3 is 10.6 Å². The molecule has 138 valence electrons. The molecule has 0 radical (unpaired) electrons. The van der Waals surface area contributed by atoms with Crippen molar-refractivity contribution in [3.63, 3.8) is 0 Å². The third-order valence-electron chi connectivity index (χ3n) is 3.11. The van der Waals surface area contributed by atoms with Crippen molar-refractivity contribution < 1.29 is 29.6 Å². The van der Waals surface area contributed by atoms with Gasteiger partial charge in [-0.3, -0.25) is 29.6 Å². The van der Waals surface area contributed by atoms with Gasteiger partial charge in [0, 0.05) is 38.8 Å². The number of unbranched alkanes of at least 4 members (excludes halogenated alkanes) is 1. The molecular weight excluding hydrogens is 320 g/mol. The largest absolute Gasteiger partial charge is 0.356 e. The summed E-state index contributed by atoms with van der Waals surface area (Å²) in [6.45, 7) is 0.711. The van der Waals surface area contributed by atoms with Crippen LogP contribution in [0.3, 0.4) is 0 Å². The van der Waals surface area contributed by atoms with E-state index in [2.05, 4.69) is 10.6 Å². The molecule has 0 aliphatic rings. The van der Waals surface area contributed by atoms with Crippen LogP contribution in [-0.4, -0.2) is 47.1 Å². The summed E-state index contributed by atoms with van der Waals surface area (Å²) in [5, 5.41) is 21.9. The predicted octanol–water partition coefficient (Wildman–Crippen LogP) is -0.650. The minimum absolute atomic E-state index is 0.136. The molecule has 0 saturated carbocycles. The third-order valence-corrected chi connectivity index (χ3v) is 3.11. The van der Waals surface area contributed by atoms with Crippen molar-refractivity contribution in [2.75, 3.05) is 13.1 Å². The van der Waals surface area contributed by atoms with Gasteiger partial charge in [0.15, 0.2) is 0 Å². The average molecular weight is 346 g/mol. The van der Waals surface area contributed by atoms with Gasteiger partial charge in [-0.1, -0.05) is 0 Å². The minimum atomic E-state index is -0.493. The maximum Gasteiger partial charge on any atom is 0.243 e. The number of hydrogen-bond donors (Lipinski definition) is 6. The molecule has 0 rings (SSSR count). The number of hydroxylamine groups is 2. The highest BCUT2D eigenvalue weighted by atomic mass is 16.5. The Balaban J connectivity index is 3.47. The summed E-state index contributed by atoms with van der Waals surface area (Å²) in [6, 6.07) is 0. The smallest absolute Gasteiger partial charge is 0.243 e. The van der Waals surface area contributed by atoms with Crippen LogP contribution in [0, 0.1) is 0 Å². The molecule has 10 nitrogen and oxygen atoms in total. The van der Waals surface area contributed by atoms with Crippen molar-refractivity contribution in [3.8, 4) is 0 Å². The van der Waals surface area contributed by atoms with Gasteiger partial charge >= 0.3 is 0 Å². The first kappa shape index (κ1) is 21.8. The van der Waals surface area contributed by atoms with Gasteiger partial charge in [0.2, 0.25) is 23.6 Å². The molecule has 0 aromatic carbocycles. The number of hydrogen-bond acceptors (Lipinski definition) is 6. The lowest BCUT2D eigenvalue weighted by molar-refractivity contribution is -0.130. The second-order valence-corrected chi connectivity index (χ2v) is 5.18. The molecule has 10 heteroatoms. The first-order valence-electron chi connectivity index (χ1n) is 7.89. The van der Waals surface area contributed by atoms with Crippen molar-refractivity contribution in [3.05, 3.63) is 0 Å². The quantitative estimate of drug-likeness (QED) is 0.148. The molecule has 0 bridgehead atoms. The zero-order valence-corrected chi connectivity index (χ0v) is 13.6. The van der Waals surface area contributed by atoms with Crippen LogP contribution < -0.4 is 21.6 Å². The Hall–Kier alpha value is -2.20. The molecule has 0 heterocycles. The van der Waals surface area contributed by atoms with Crippen LogP contribution in [0.25, 0.3) is 0 Å². The molecule has 0 unspecified atom stereocenters. The maximum absolute atomic E-state index is 11.5. The molecule has 6 N–H and O–H groups in total. The second kappa shape index (κ2) is 14.4. The fourth-order valence-corrected chi connectivity index (χ4v) is 1.81. The van der Waals surface area contributed by atoms with E-state index in [9.17, 15) is 19.2 Å². The summed E-state index contributed by atoms with van der Waals surface area (Å²) < 4.78 is 0. The standard InChI is InChI=1S/C14H26N4O6/c19-11(15-9-3-7-13(21)17-23)5-1-2-6-12(20)16-10-4-8-14(22)18-24/h23-24H,1-10H2,(H,15,19)(H,16,20)(H,17,21)(H,18,22). The fraction of sp³-hybridized carbons (Fsp3) is 0.714. The van der Waals surface area contributed by atoms with Crippen molar-refractivity contribution in [2.45, 2.75) is 51.4 Å². The Kier molecular flexibility index (Phi) is 13.1. The number of rotatable bonds is 13. The van der Waals surface area contributed by atoms with Crippen molar-refractivity contribution >= 4 is 23.6 Å². The van der Waals surface area contributed by atoms with E-state index in [-0.39, 0.29) is 24.7 Å². The highest BCUT2D eigenvalue weighted by Crippen LogP contribution is 2.00. The maximum atomic E-state index is 11.5. The molecule has 0 saturated heterocycles. The van der Waals surface area contributed by atoms with Crippen molar-refractivity contribution in [2.24, 2.45) is 0 Å². The molecule has 0 fully saturated rings. The van der Waals surface area contributed by atoms with Gasteiger partial charge in [-0.25, -0.2) is 11.0 Å². The van der Waals surface area contributed by atoms with Crippen LogP contribution in [0.2, 0.25) is 0 Å². The van der Waals surface area contributed by atoms with E-state index < -0.39 is 11.8 Å². The lowest BCUT2D eigenvalue weighted by Gasteiger charge is -2.06. The molecular formula is C14H26N4O6. The lowest BCUT2D eigenvalue weighted by atomic mass is 10.1. The highest BCUT2D eigenvalue weighted by Gasteiger charge is 2.05. The van der Waals surface area contributed by atoms with E-state index in [1.54, 1.807) is 0 Å². The van der Waals surface area contributed by atoms with Gasteiger partial charge in [0.25, 0.3) is 0 Å². The van der Waals surface area contributed by atoms with Crippen LogP contribution in [0.4, 0.5) is 0 Å². The summed E-state index contributed by atoms with van der Waals surface area (Å²) in [5.41, 5.74) is 3.02. The summed E-state index contributed by atoms with van der Waals surface area (Å²) in [6.07, 6.45) is 2.90. The molecule has 0 atom stereocenters. The van der Waals surface area contributed by atoms with Gasteiger partial charge in [0.1, 0.15) is 0 Å². The molecule has 24 heavy (non-hydrogen) atoms. The van der Waals surface area contributed by atoms with Gasteiger partial charge in [0.05, 0.1) is 0 Å². The zero-order valence-electron chi connectivity index (χ0n) is 13.6. The van der Waals surface area contributed by atoms with Gasteiger partial charge in [-0.15, -0.1) is 0 Å². The highest BCUT2D eigenvalue weighted by molar-refractivity contribution is 5.77. The first-order chi connectivity index (χ1) is 11.5. The molecule has 0 aromatic rings. The fourth-order valence-electron chi connectivity index (χ4n) is 1.81. The van der Waals surface area contributed by atoms with E-state index in [0.29, 0.717) is 51.6 Å². The number of carbonyl (C=O) groups is 4. The van der Waals surface area contributed by atoms with Crippen LogP contribution in [0.1, 0.15) is 51.4 Å². The Bertz CT molecular complexity index is 378. The molecule has 0 aliphatic carbocycles. The van der Waals surface area contributed by atoms with Crippen molar-refractivity contribution in [1.29, 1.82) is 0 Å². The second-order valence-electron chi connectivity index (χ2n) is 5.18. The molecule has 0 aromatic heterocycles. The Labute approximate surface area is 140 Å². The average Bonchev–Trinajstić information content (AvgIpc) is 2.58. The van der Waals surface area contributed by atoms with Gasteiger partial charge in [-0.2, -0.15) is 0 Å². The topological polar surface area (TPSA) is 157 Å². The summed E-state index contributed by atoms with van der Waals surface area (Å²) >= 11 is 0. The monoisotopic (exact) mass is 346 g/mol. The zero-order chi connectivity index (χ0) is 18.2. The lowest BCUT2D eigenvalue weighted by Crippen LogP contribution is -2.27. The van der Waals surface area contributed by atoms with Crippen LogP contribution in [0.15, 0.2) is 0 Å². The predicted molar refractivity (Wildman–Crippen MR) is 82.8 cm³/mol. The molecule has 4 amide bonds. The Morgan fingerprint density at radius 1 is 0.542 bits per heavy atom. The molecule has 0 spiro atoms. The van der Waals surface area contributed by atoms with Crippen LogP contribution in [-0.2, 0) is 19.2 Å². The Morgan fingerprint density at radius 3 is 1.21 bits per heavy atom. The van der Waals surface area contributed by atoms with E-state index in [1.807, 2.05) is 0 Å². The third kappa shape index (κ3) is 13.5. The number of carbonyl (C=O) groups excluding carboxylic acids is 4. The van der Waals surface area contributed by atoms with Crippen molar-refractivity contribution in [1.82, 2.24) is 21.6 Å². The van der Waals surface area contributed by atoms with Gasteiger partial charge in [-0.05, 0) is 25.7 Å². The van der Waals surface area contributed by atoms with Crippen LogP contribution in [0.5, 0.6) is 0 Å². The normalized spacial score (nSPS) is 9.92. The van der Waals surface area contributed by atoms with E-state index >= 15 is 0 Å². The summed E-state index contributed by atoms with van der Waals surface area (Å²) in [5.74, 6) is -1.27. The first-order valence-corrected chi connectivity index (χ1v) is 7.89. The summed E-state index contributed by atoms with van der Waals surface area (Å²) in [7, 11) is 0.